The molecule has 162 valence electrons. The summed E-state index contributed by atoms with van der Waals surface area (Å²) in [5, 5.41) is 4.66. The summed E-state index contributed by atoms with van der Waals surface area (Å²) in [5.74, 6) is 2.05. The third-order valence-electron chi connectivity index (χ3n) is 4.69. The number of nitrogens with zero attached hydrogens (tertiary/aromatic N) is 2. The van der Waals surface area contributed by atoms with E-state index in [2.05, 4.69) is 10.1 Å². The predicted octanol–water partition coefficient (Wildman–Crippen LogP) is 5.34. The van der Waals surface area contributed by atoms with E-state index in [0.717, 1.165) is 5.56 Å². The summed E-state index contributed by atoms with van der Waals surface area (Å²) in [6.45, 7) is -0.171. The second-order valence-electron chi connectivity index (χ2n) is 6.74. The van der Waals surface area contributed by atoms with Gasteiger partial charge < -0.3 is 18.7 Å². The van der Waals surface area contributed by atoms with Crippen LogP contribution >= 0.6 is 11.6 Å². The Morgan fingerprint density at radius 2 is 1.75 bits per heavy atom. The van der Waals surface area contributed by atoms with Gasteiger partial charge in [-0.25, -0.2) is 0 Å². The smallest absolute Gasteiger partial charge is 0.258 e. The van der Waals surface area contributed by atoms with E-state index in [0.29, 0.717) is 45.1 Å². The largest absolute Gasteiger partial charge is 0.497 e. The number of Topliss-reactive ketones (excluding diaryl/α,β-unsaturated/α-hetero) is 1. The van der Waals surface area contributed by atoms with Crippen LogP contribution in [0.25, 0.3) is 22.8 Å². The molecule has 0 amide bonds. The lowest BCUT2D eigenvalue weighted by molar-refractivity contribution is 0.0918. The third kappa shape index (κ3) is 4.73. The van der Waals surface area contributed by atoms with Crippen LogP contribution in [0.5, 0.6) is 17.2 Å². The Morgan fingerprint density at radius 3 is 2.50 bits per heavy atom. The first-order valence-electron chi connectivity index (χ1n) is 9.65. The van der Waals surface area contributed by atoms with Gasteiger partial charge in [0.15, 0.2) is 6.61 Å². The summed E-state index contributed by atoms with van der Waals surface area (Å²) in [6.07, 6.45) is 0. The maximum absolute atomic E-state index is 12.7. The summed E-state index contributed by atoms with van der Waals surface area (Å²) in [7, 11) is 3.04. The third-order valence-corrected chi connectivity index (χ3v) is 4.94. The zero-order valence-electron chi connectivity index (χ0n) is 17.4. The second kappa shape index (κ2) is 9.53. The van der Waals surface area contributed by atoms with Crippen molar-refractivity contribution in [2.45, 2.75) is 0 Å². The number of aromatic nitrogens is 2. The molecular weight excluding hydrogens is 432 g/mol. The zero-order chi connectivity index (χ0) is 22.5. The van der Waals surface area contributed by atoms with Crippen molar-refractivity contribution in [3.63, 3.8) is 0 Å². The van der Waals surface area contributed by atoms with Gasteiger partial charge in [0.2, 0.25) is 11.6 Å². The SMILES string of the molecule is COc1ccc(OC)c(C(=O)COc2cccc(-c3noc(-c4ccc(Cl)cc4)n3)c2)c1. The maximum atomic E-state index is 12.7. The van der Waals surface area contributed by atoms with E-state index in [-0.39, 0.29) is 12.4 Å². The van der Waals surface area contributed by atoms with Crippen molar-refractivity contribution in [3.05, 3.63) is 77.3 Å². The van der Waals surface area contributed by atoms with Crippen molar-refractivity contribution in [1.29, 1.82) is 0 Å². The van der Waals surface area contributed by atoms with E-state index in [1.165, 1.54) is 14.2 Å². The van der Waals surface area contributed by atoms with Gasteiger partial charge in [-0.2, -0.15) is 4.98 Å². The van der Waals surface area contributed by atoms with Crippen LogP contribution in [-0.2, 0) is 0 Å². The van der Waals surface area contributed by atoms with E-state index in [4.69, 9.17) is 30.3 Å². The fourth-order valence-electron chi connectivity index (χ4n) is 3.03. The quantitative estimate of drug-likeness (QED) is 0.335. The average Bonchev–Trinajstić information content (AvgIpc) is 3.33. The summed E-state index contributed by atoms with van der Waals surface area (Å²) in [6, 6.07) is 19.3. The lowest BCUT2D eigenvalue weighted by Gasteiger charge is -2.11. The van der Waals surface area contributed by atoms with E-state index < -0.39 is 0 Å². The van der Waals surface area contributed by atoms with Crippen LogP contribution in [0.1, 0.15) is 10.4 Å². The van der Waals surface area contributed by atoms with E-state index in [1.54, 1.807) is 60.7 Å². The molecule has 0 aliphatic heterocycles. The molecule has 0 N–H and O–H groups in total. The molecule has 7 nitrogen and oxygen atoms in total. The first-order valence-corrected chi connectivity index (χ1v) is 10.0. The van der Waals surface area contributed by atoms with E-state index in [9.17, 15) is 4.79 Å². The Labute approximate surface area is 189 Å². The number of methoxy groups -OCH3 is 2. The Morgan fingerprint density at radius 1 is 0.938 bits per heavy atom. The number of carbonyl (C=O) groups excluding carboxylic acids is 1. The van der Waals surface area contributed by atoms with Crippen molar-refractivity contribution in [2.24, 2.45) is 0 Å². The summed E-state index contributed by atoms with van der Waals surface area (Å²) in [4.78, 5) is 17.1. The van der Waals surface area contributed by atoms with Crippen LogP contribution in [0.15, 0.2) is 71.3 Å². The van der Waals surface area contributed by atoms with Crippen LogP contribution in [-0.4, -0.2) is 36.8 Å². The fourth-order valence-corrected chi connectivity index (χ4v) is 3.16. The second-order valence-corrected chi connectivity index (χ2v) is 7.17. The number of rotatable bonds is 8. The Hall–Kier alpha value is -3.84. The van der Waals surface area contributed by atoms with Crippen LogP contribution in [0.2, 0.25) is 5.02 Å². The normalized spacial score (nSPS) is 10.6. The van der Waals surface area contributed by atoms with E-state index in [1.807, 2.05) is 6.07 Å². The van der Waals surface area contributed by atoms with Crippen molar-refractivity contribution < 1.29 is 23.5 Å². The molecule has 0 aliphatic carbocycles. The number of hydrogen-bond acceptors (Lipinski definition) is 7. The number of ketones is 1. The number of carbonyl (C=O) groups is 1. The molecule has 32 heavy (non-hydrogen) atoms. The highest BCUT2D eigenvalue weighted by Gasteiger charge is 2.16. The molecule has 0 saturated carbocycles. The monoisotopic (exact) mass is 450 g/mol. The Balaban J connectivity index is 1.48. The molecule has 0 atom stereocenters. The number of halogens is 1. The lowest BCUT2D eigenvalue weighted by Crippen LogP contribution is -2.13. The highest BCUT2D eigenvalue weighted by molar-refractivity contribution is 6.30. The average molecular weight is 451 g/mol. The molecule has 0 bridgehead atoms. The van der Waals surface area contributed by atoms with Gasteiger partial charge in [-0.15, -0.1) is 0 Å². The molecule has 0 unspecified atom stereocenters. The molecule has 0 saturated heterocycles. The van der Waals surface area contributed by atoms with Crippen LogP contribution in [0.3, 0.4) is 0 Å². The molecule has 0 radical (unpaired) electrons. The van der Waals surface area contributed by atoms with Gasteiger partial charge in [-0.3, -0.25) is 4.79 Å². The van der Waals surface area contributed by atoms with Gasteiger partial charge >= 0.3 is 0 Å². The van der Waals surface area contributed by atoms with Crippen molar-refractivity contribution in [1.82, 2.24) is 10.1 Å². The van der Waals surface area contributed by atoms with Gasteiger partial charge in [0.05, 0.1) is 19.8 Å². The fraction of sp³-hybridized carbons (Fsp3) is 0.125. The first kappa shape index (κ1) is 21.4. The minimum atomic E-state index is -0.240. The molecule has 1 aromatic heterocycles. The van der Waals surface area contributed by atoms with Crippen LogP contribution in [0, 0.1) is 0 Å². The molecule has 8 heteroatoms. The van der Waals surface area contributed by atoms with Crippen molar-refractivity contribution >= 4 is 17.4 Å². The first-order chi connectivity index (χ1) is 15.6. The van der Waals surface area contributed by atoms with Gasteiger partial charge in [-0.05, 0) is 54.6 Å². The highest BCUT2D eigenvalue weighted by atomic mass is 35.5. The Bertz CT molecular complexity index is 1240. The Kier molecular flexibility index (Phi) is 6.37. The summed E-state index contributed by atoms with van der Waals surface area (Å²) < 4.78 is 21.5. The molecule has 4 aromatic rings. The summed E-state index contributed by atoms with van der Waals surface area (Å²) in [5.41, 5.74) is 1.84. The molecule has 0 spiro atoms. The van der Waals surface area contributed by atoms with Crippen molar-refractivity contribution in [3.8, 4) is 40.1 Å². The van der Waals surface area contributed by atoms with Gasteiger partial charge in [0.1, 0.15) is 17.2 Å². The van der Waals surface area contributed by atoms with Crippen LogP contribution in [0.4, 0.5) is 0 Å². The molecule has 3 aromatic carbocycles. The summed E-state index contributed by atoms with van der Waals surface area (Å²) >= 11 is 5.92. The molecule has 0 fully saturated rings. The lowest BCUT2D eigenvalue weighted by atomic mass is 10.1. The number of benzene rings is 3. The van der Waals surface area contributed by atoms with E-state index >= 15 is 0 Å². The predicted molar refractivity (Wildman–Crippen MR) is 120 cm³/mol. The molecular formula is C24H19ClN2O5. The van der Waals surface area contributed by atoms with Crippen LogP contribution < -0.4 is 14.2 Å². The molecule has 1 heterocycles. The minimum absolute atomic E-state index is 0.171. The zero-order valence-corrected chi connectivity index (χ0v) is 18.1. The standard InChI is InChI=1S/C24H19ClN2O5/c1-29-18-10-11-22(30-2)20(13-18)21(28)14-31-19-5-3-4-16(12-19)23-26-24(32-27-23)15-6-8-17(25)9-7-15/h3-13H,14H2,1-2H3. The highest BCUT2D eigenvalue weighted by Crippen LogP contribution is 2.27. The number of hydrogen-bond donors (Lipinski definition) is 0. The minimum Gasteiger partial charge on any atom is -0.497 e. The van der Waals surface area contributed by atoms with Gasteiger partial charge in [-0.1, -0.05) is 28.9 Å². The maximum Gasteiger partial charge on any atom is 0.258 e. The van der Waals surface area contributed by atoms with Gasteiger partial charge in [0, 0.05) is 16.1 Å². The number of ether oxygens (including phenoxy) is 3. The topological polar surface area (TPSA) is 83.7 Å². The molecule has 4 rings (SSSR count). The van der Waals surface area contributed by atoms with Gasteiger partial charge in [0.25, 0.3) is 5.89 Å². The van der Waals surface area contributed by atoms with Crippen molar-refractivity contribution in [2.75, 3.05) is 20.8 Å². The molecule has 0 aliphatic rings.